The van der Waals surface area contributed by atoms with Crippen molar-refractivity contribution in [3.63, 3.8) is 0 Å². The molecule has 1 amide bonds. The number of rotatable bonds is 5. The summed E-state index contributed by atoms with van der Waals surface area (Å²) in [5.41, 5.74) is 3.90. The van der Waals surface area contributed by atoms with Crippen LogP contribution in [0.25, 0.3) is 0 Å². The van der Waals surface area contributed by atoms with Crippen LogP contribution < -0.4 is 9.64 Å². The number of aryl methyl sites for hydroxylation is 1. The highest BCUT2D eigenvalue weighted by Crippen LogP contribution is 2.39. The number of methoxy groups -OCH3 is 1. The summed E-state index contributed by atoms with van der Waals surface area (Å²) in [5, 5.41) is 1.31. The van der Waals surface area contributed by atoms with E-state index in [0.29, 0.717) is 22.0 Å². The van der Waals surface area contributed by atoms with Gasteiger partial charge in [-0.25, -0.2) is 0 Å². The molecule has 0 bridgehead atoms. The summed E-state index contributed by atoms with van der Waals surface area (Å²) in [6.45, 7) is 3.92. The van der Waals surface area contributed by atoms with E-state index in [4.69, 9.17) is 16.3 Å². The number of benzene rings is 2. The fraction of sp³-hybridized carbons (Fsp3) is 0.208. The molecule has 0 fully saturated rings. The van der Waals surface area contributed by atoms with E-state index in [9.17, 15) is 9.59 Å². The maximum atomic E-state index is 13.0. The minimum absolute atomic E-state index is 0.0453. The quantitative estimate of drug-likeness (QED) is 0.506. The number of Topliss-reactive ketones (excluding diaryl/α,β-unsaturated/α-hetero) is 1. The first-order valence-corrected chi connectivity index (χ1v) is 11.0. The lowest BCUT2D eigenvalue weighted by Gasteiger charge is -2.20. The van der Waals surface area contributed by atoms with Crippen molar-refractivity contribution >= 4 is 45.3 Å². The molecule has 0 N–H and O–H groups in total. The Kier molecular flexibility index (Phi) is 5.94. The zero-order valence-electron chi connectivity index (χ0n) is 17.4. The van der Waals surface area contributed by atoms with Gasteiger partial charge < -0.3 is 4.74 Å². The lowest BCUT2D eigenvalue weighted by molar-refractivity contribution is -0.117. The Hall–Kier alpha value is -2.96. The van der Waals surface area contributed by atoms with E-state index in [1.54, 1.807) is 36.3 Å². The molecule has 4 rings (SSSR count). The van der Waals surface area contributed by atoms with Crippen molar-refractivity contribution in [2.75, 3.05) is 25.1 Å². The van der Waals surface area contributed by atoms with Crippen LogP contribution in [0.5, 0.6) is 5.75 Å². The van der Waals surface area contributed by atoms with Crippen LogP contribution in [0.2, 0.25) is 5.02 Å². The minimum Gasteiger partial charge on any atom is -0.497 e. The van der Waals surface area contributed by atoms with Crippen LogP contribution in [0.1, 0.15) is 31.9 Å². The fourth-order valence-electron chi connectivity index (χ4n) is 3.55. The second kappa shape index (κ2) is 8.65. The molecule has 1 aromatic heterocycles. The van der Waals surface area contributed by atoms with Gasteiger partial charge in [-0.15, -0.1) is 11.3 Å². The van der Waals surface area contributed by atoms with Crippen molar-refractivity contribution in [2.45, 2.75) is 13.8 Å². The van der Waals surface area contributed by atoms with E-state index in [-0.39, 0.29) is 24.8 Å². The van der Waals surface area contributed by atoms with Gasteiger partial charge in [0.15, 0.2) is 5.78 Å². The minimum atomic E-state index is -0.216. The number of aliphatic imine (C=N–C) groups is 1. The van der Waals surface area contributed by atoms with E-state index < -0.39 is 0 Å². The van der Waals surface area contributed by atoms with Gasteiger partial charge in [0.05, 0.1) is 19.4 Å². The van der Waals surface area contributed by atoms with Crippen LogP contribution in [0.15, 0.2) is 53.5 Å². The number of hydrogen-bond donors (Lipinski definition) is 0. The first-order valence-electron chi connectivity index (χ1n) is 9.78. The number of anilines is 1. The summed E-state index contributed by atoms with van der Waals surface area (Å²) in [6.07, 6.45) is 0. The SMILES string of the molecule is COc1ccc(C(=O)CN2C(=O)CN=C(c3ccccc3Cl)c3c2sc(C)c3C)cc1. The van der Waals surface area contributed by atoms with Gasteiger partial charge in [0.1, 0.15) is 17.3 Å². The number of halogens is 1. The van der Waals surface area contributed by atoms with Crippen molar-refractivity contribution in [3.05, 3.63) is 80.7 Å². The molecule has 158 valence electrons. The van der Waals surface area contributed by atoms with Gasteiger partial charge >= 0.3 is 0 Å². The smallest absolute Gasteiger partial charge is 0.249 e. The highest BCUT2D eigenvalue weighted by Gasteiger charge is 2.31. The summed E-state index contributed by atoms with van der Waals surface area (Å²) < 4.78 is 5.16. The number of amides is 1. The molecule has 0 atom stereocenters. The zero-order chi connectivity index (χ0) is 22.1. The number of carbonyl (C=O) groups excluding carboxylic acids is 2. The topological polar surface area (TPSA) is 59.0 Å². The van der Waals surface area contributed by atoms with Gasteiger partial charge in [-0.1, -0.05) is 29.8 Å². The molecule has 0 saturated carbocycles. The molecule has 1 aliphatic rings. The van der Waals surface area contributed by atoms with Gasteiger partial charge in [-0.3, -0.25) is 19.5 Å². The molecule has 2 aromatic carbocycles. The molecule has 0 aliphatic carbocycles. The van der Waals surface area contributed by atoms with Gasteiger partial charge in [-0.2, -0.15) is 0 Å². The van der Waals surface area contributed by atoms with Gasteiger partial charge in [0.2, 0.25) is 5.91 Å². The number of ether oxygens (including phenoxy) is 1. The maximum Gasteiger partial charge on any atom is 0.249 e. The summed E-state index contributed by atoms with van der Waals surface area (Å²) >= 11 is 7.96. The Balaban J connectivity index is 1.75. The molecule has 0 radical (unpaired) electrons. The van der Waals surface area contributed by atoms with Crippen LogP contribution in [-0.2, 0) is 4.79 Å². The highest BCUT2D eigenvalue weighted by atomic mass is 35.5. The fourth-order valence-corrected chi connectivity index (χ4v) is 4.95. The van der Waals surface area contributed by atoms with Crippen LogP contribution in [-0.4, -0.2) is 37.6 Å². The first kappa shape index (κ1) is 21.3. The molecule has 1 aliphatic heterocycles. The van der Waals surface area contributed by atoms with Crippen molar-refractivity contribution in [1.82, 2.24) is 0 Å². The number of ketones is 1. The summed E-state index contributed by atoms with van der Waals surface area (Å²) in [5.74, 6) is 0.310. The third-order valence-electron chi connectivity index (χ3n) is 5.36. The zero-order valence-corrected chi connectivity index (χ0v) is 19.0. The Labute approximate surface area is 189 Å². The van der Waals surface area contributed by atoms with E-state index in [0.717, 1.165) is 26.6 Å². The standard InChI is InChI=1S/C24H21ClN2O3S/c1-14-15(2)31-24-22(14)23(18-6-4-5-7-19(18)25)26-12-21(29)27(24)13-20(28)16-8-10-17(30-3)11-9-16/h4-11H,12-13H2,1-3H3. The van der Waals surface area contributed by atoms with Crippen LogP contribution >= 0.6 is 22.9 Å². The Morgan fingerprint density at radius 3 is 2.55 bits per heavy atom. The van der Waals surface area contributed by atoms with E-state index in [1.807, 2.05) is 38.1 Å². The van der Waals surface area contributed by atoms with Crippen molar-refractivity contribution in [1.29, 1.82) is 0 Å². The van der Waals surface area contributed by atoms with Gasteiger partial charge in [0, 0.05) is 26.6 Å². The van der Waals surface area contributed by atoms with E-state index >= 15 is 0 Å². The van der Waals surface area contributed by atoms with Gasteiger partial charge in [-0.05, 0) is 49.7 Å². The van der Waals surface area contributed by atoms with Crippen molar-refractivity contribution < 1.29 is 14.3 Å². The largest absolute Gasteiger partial charge is 0.497 e. The predicted molar refractivity (Wildman–Crippen MR) is 125 cm³/mol. The first-order chi connectivity index (χ1) is 14.9. The van der Waals surface area contributed by atoms with Crippen LogP contribution in [0.4, 0.5) is 5.00 Å². The summed E-state index contributed by atoms with van der Waals surface area (Å²) in [4.78, 5) is 33.3. The summed E-state index contributed by atoms with van der Waals surface area (Å²) in [6, 6.07) is 14.4. The van der Waals surface area contributed by atoms with Crippen molar-refractivity contribution in [2.24, 2.45) is 4.99 Å². The Morgan fingerprint density at radius 2 is 1.87 bits per heavy atom. The third kappa shape index (κ3) is 4.01. The molecule has 3 aromatic rings. The third-order valence-corrected chi connectivity index (χ3v) is 6.92. The molecule has 2 heterocycles. The Morgan fingerprint density at radius 1 is 1.16 bits per heavy atom. The lowest BCUT2D eigenvalue weighted by Crippen LogP contribution is -2.36. The second-order valence-corrected chi connectivity index (χ2v) is 8.85. The lowest BCUT2D eigenvalue weighted by atomic mass is 9.99. The molecular weight excluding hydrogens is 432 g/mol. The molecule has 31 heavy (non-hydrogen) atoms. The molecule has 5 nitrogen and oxygen atoms in total. The normalized spacial score (nSPS) is 13.5. The molecular formula is C24H21ClN2O3S. The summed E-state index contributed by atoms with van der Waals surface area (Å²) in [7, 11) is 1.58. The maximum absolute atomic E-state index is 13.0. The number of carbonyl (C=O) groups is 2. The number of fused-ring (bicyclic) bond motifs is 1. The van der Waals surface area contributed by atoms with E-state index in [1.165, 1.54) is 11.3 Å². The average molecular weight is 453 g/mol. The second-order valence-electron chi connectivity index (χ2n) is 7.24. The number of thiophene rings is 1. The molecule has 0 unspecified atom stereocenters. The molecule has 7 heteroatoms. The Bertz CT molecular complexity index is 1200. The monoisotopic (exact) mass is 452 g/mol. The van der Waals surface area contributed by atoms with Crippen LogP contribution in [0.3, 0.4) is 0 Å². The van der Waals surface area contributed by atoms with Gasteiger partial charge in [0.25, 0.3) is 0 Å². The molecule has 0 spiro atoms. The van der Waals surface area contributed by atoms with E-state index in [2.05, 4.69) is 4.99 Å². The number of hydrogen-bond acceptors (Lipinski definition) is 5. The number of nitrogens with zero attached hydrogens (tertiary/aromatic N) is 2. The highest BCUT2D eigenvalue weighted by molar-refractivity contribution is 7.17. The average Bonchev–Trinajstić information content (AvgIpc) is 2.99. The van der Waals surface area contributed by atoms with Crippen molar-refractivity contribution in [3.8, 4) is 5.75 Å². The molecule has 0 saturated heterocycles. The predicted octanol–water partition coefficient (Wildman–Crippen LogP) is 5.09. The van der Waals surface area contributed by atoms with Crippen LogP contribution in [0, 0.1) is 13.8 Å².